The van der Waals surface area contributed by atoms with Crippen molar-refractivity contribution in [1.29, 1.82) is 0 Å². The van der Waals surface area contributed by atoms with Crippen molar-refractivity contribution in [3.8, 4) is 0 Å². The summed E-state index contributed by atoms with van der Waals surface area (Å²) in [5, 5.41) is 10.00. The van der Waals surface area contributed by atoms with Crippen molar-refractivity contribution in [2.75, 3.05) is 12.8 Å². The molecule has 3 N–H and O–H groups in total. The third-order valence-corrected chi connectivity index (χ3v) is 4.31. The quantitative estimate of drug-likeness (QED) is 0.781. The van der Waals surface area contributed by atoms with Crippen LogP contribution in [0.4, 0.5) is 5.82 Å². The third-order valence-electron chi connectivity index (χ3n) is 2.48. The topological polar surface area (TPSA) is 110 Å². The SMILES string of the molecule is CN(Cc1cnn(C)c1)S(=O)(=O)c1cn[nH]c1N. The van der Waals surface area contributed by atoms with E-state index in [2.05, 4.69) is 15.3 Å². The summed E-state index contributed by atoms with van der Waals surface area (Å²) in [6.07, 6.45) is 4.57. The van der Waals surface area contributed by atoms with Crippen LogP contribution in [0.15, 0.2) is 23.5 Å². The van der Waals surface area contributed by atoms with Crippen LogP contribution in [0.2, 0.25) is 0 Å². The number of anilines is 1. The molecule has 0 atom stereocenters. The van der Waals surface area contributed by atoms with E-state index in [4.69, 9.17) is 5.73 Å². The van der Waals surface area contributed by atoms with Gasteiger partial charge in [0.05, 0.1) is 12.4 Å². The maximum absolute atomic E-state index is 12.2. The van der Waals surface area contributed by atoms with Crippen molar-refractivity contribution in [3.63, 3.8) is 0 Å². The summed E-state index contributed by atoms with van der Waals surface area (Å²) >= 11 is 0. The first-order chi connectivity index (χ1) is 8.41. The van der Waals surface area contributed by atoms with Crippen LogP contribution >= 0.6 is 0 Å². The Balaban J connectivity index is 2.23. The minimum Gasteiger partial charge on any atom is -0.383 e. The molecule has 0 spiro atoms. The number of hydrogen-bond donors (Lipinski definition) is 2. The Labute approximate surface area is 104 Å². The van der Waals surface area contributed by atoms with E-state index in [0.717, 1.165) is 5.56 Å². The van der Waals surface area contributed by atoms with Gasteiger partial charge in [0, 0.05) is 32.4 Å². The van der Waals surface area contributed by atoms with Gasteiger partial charge in [-0.25, -0.2) is 8.42 Å². The predicted molar refractivity (Wildman–Crippen MR) is 64.9 cm³/mol. The average Bonchev–Trinajstić information content (AvgIpc) is 2.87. The number of nitrogen functional groups attached to an aromatic ring is 1. The maximum atomic E-state index is 12.2. The molecule has 0 saturated carbocycles. The van der Waals surface area contributed by atoms with Gasteiger partial charge in [0.25, 0.3) is 0 Å². The lowest BCUT2D eigenvalue weighted by Gasteiger charge is -2.15. The number of hydrogen-bond acceptors (Lipinski definition) is 5. The molecule has 2 heterocycles. The summed E-state index contributed by atoms with van der Waals surface area (Å²) < 4.78 is 27.2. The van der Waals surface area contributed by atoms with E-state index >= 15 is 0 Å². The molecule has 9 heteroatoms. The van der Waals surface area contributed by atoms with Crippen LogP contribution in [-0.4, -0.2) is 39.7 Å². The van der Waals surface area contributed by atoms with Gasteiger partial charge >= 0.3 is 0 Å². The minimum absolute atomic E-state index is 0.0195. The Hall–Kier alpha value is -1.87. The first-order valence-corrected chi connectivity index (χ1v) is 6.58. The Morgan fingerprint density at radius 3 is 2.72 bits per heavy atom. The smallest absolute Gasteiger partial charge is 0.248 e. The molecular weight excluding hydrogens is 256 g/mol. The number of nitrogens with two attached hydrogens (primary N) is 1. The number of H-pyrrole nitrogens is 1. The fourth-order valence-corrected chi connectivity index (χ4v) is 2.72. The molecule has 0 bridgehead atoms. The van der Waals surface area contributed by atoms with Crippen molar-refractivity contribution < 1.29 is 8.42 Å². The fraction of sp³-hybridized carbons (Fsp3) is 0.333. The van der Waals surface area contributed by atoms with E-state index in [-0.39, 0.29) is 17.3 Å². The molecule has 0 saturated heterocycles. The minimum atomic E-state index is -3.64. The van der Waals surface area contributed by atoms with E-state index in [1.165, 1.54) is 17.5 Å². The lowest BCUT2D eigenvalue weighted by atomic mass is 10.4. The molecule has 0 amide bonds. The molecule has 0 aliphatic rings. The molecule has 2 rings (SSSR count). The Kier molecular flexibility index (Phi) is 3.09. The van der Waals surface area contributed by atoms with Gasteiger partial charge in [0.15, 0.2) is 0 Å². The molecule has 98 valence electrons. The highest BCUT2D eigenvalue weighted by Gasteiger charge is 2.25. The molecule has 0 radical (unpaired) electrons. The van der Waals surface area contributed by atoms with Crippen molar-refractivity contribution in [3.05, 3.63) is 24.2 Å². The molecule has 8 nitrogen and oxygen atoms in total. The van der Waals surface area contributed by atoms with Crippen LogP contribution in [0.1, 0.15) is 5.56 Å². The fourth-order valence-electron chi connectivity index (χ4n) is 1.55. The van der Waals surface area contributed by atoms with Gasteiger partial charge in [0.2, 0.25) is 10.0 Å². The number of nitrogens with zero attached hydrogens (tertiary/aromatic N) is 4. The van der Waals surface area contributed by atoms with Gasteiger partial charge in [-0.3, -0.25) is 9.78 Å². The van der Waals surface area contributed by atoms with Crippen LogP contribution in [0.25, 0.3) is 0 Å². The van der Waals surface area contributed by atoms with Crippen molar-refractivity contribution in [2.24, 2.45) is 7.05 Å². The van der Waals surface area contributed by atoms with Gasteiger partial charge in [-0.05, 0) is 0 Å². The molecule has 0 fully saturated rings. The second kappa shape index (κ2) is 4.42. The zero-order chi connectivity index (χ0) is 13.3. The van der Waals surface area contributed by atoms with Gasteiger partial charge in [-0.1, -0.05) is 0 Å². The van der Waals surface area contributed by atoms with Gasteiger partial charge in [-0.2, -0.15) is 14.5 Å². The van der Waals surface area contributed by atoms with Gasteiger partial charge in [0.1, 0.15) is 10.7 Å². The highest BCUT2D eigenvalue weighted by molar-refractivity contribution is 7.89. The number of aromatic amines is 1. The summed E-state index contributed by atoms with van der Waals surface area (Å²) in [5.41, 5.74) is 6.32. The van der Waals surface area contributed by atoms with Gasteiger partial charge < -0.3 is 5.73 Å². The predicted octanol–water partition coefficient (Wildman–Crippen LogP) is -0.454. The number of sulfonamides is 1. The molecular formula is C9H14N6O2S. The molecule has 18 heavy (non-hydrogen) atoms. The number of rotatable bonds is 4. The molecule has 0 aliphatic heterocycles. The molecule has 2 aromatic heterocycles. The normalized spacial score (nSPS) is 12.2. The van der Waals surface area contributed by atoms with E-state index in [1.807, 2.05) is 0 Å². The molecule has 0 aromatic carbocycles. The summed E-state index contributed by atoms with van der Waals surface area (Å²) in [4.78, 5) is -0.0195. The Morgan fingerprint density at radius 1 is 1.50 bits per heavy atom. The van der Waals surface area contributed by atoms with Crippen molar-refractivity contribution in [1.82, 2.24) is 24.3 Å². The summed E-state index contributed by atoms with van der Waals surface area (Å²) in [5.74, 6) is 0.0352. The monoisotopic (exact) mass is 270 g/mol. The Bertz CT molecular complexity index is 644. The number of aromatic nitrogens is 4. The highest BCUT2D eigenvalue weighted by atomic mass is 32.2. The third kappa shape index (κ3) is 2.22. The van der Waals surface area contributed by atoms with Crippen molar-refractivity contribution in [2.45, 2.75) is 11.4 Å². The average molecular weight is 270 g/mol. The lowest BCUT2D eigenvalue weighted by molar-refractivity contribution is 0.467. The zero-order valence-electron chi connectivity index (χ0n) is 10.0. The number of aryl methyl sites for hydroxylation is 1. The second-order valence-electron chi connectivity index (χ2n) is 3.93. The lowest BCUT2D eigenvalue weighted by Crippen LogP contribution is -2.26. The first-order valence-electron chi connectivity index (χ1n) is 5.14. The van der Waals surface area contributed by atoms with Crippen LogP contribution in [-0.2, 0) is 23.6 Å². The summed E-state index contributed by atoms with van der Waals surface area (Å²) in [6, 6.07) is 0. The van der Waals surface area contributed by atoms with Crippen LogP contribution < -0.4 is 5.73 Å². The highest BCUT2D eigenvalue weighted by Crippen LogP contribution is 2.19. The summed E-state index contributed by atoms with van der Waals surface area (Å²) in [6.45, 7) is 0.223. The zero-order valence-corrected chi connectivity index (χ0v) is 10.8. The first kappa shape index (κ1) is 12.6. The molecule has 2 aromatic rings. The number of nitrogens with one attached hydrogen (secondary N) is 1. The van der Waals surface area contributed by atoms with Crippen LogP contribution in [0.3, 0.4) is 0 Å². The van der Waals surface area contributed by atoms with Gasteiger partial charge in [-0.15, -0.1) is 0 Å². The Morgan fingerprint density at radius 2 is 2.22 bits per heavy atom. The van der Waals surface area contributed by atoms with E-state index in [9.17, 15) is 8.42 Å². The van der Waals surface area contributed by atoms with E-state index in [0.29, 0.717) is 0 Å². The van der Waals surface area contributed by atoms with E-state index in [1.54, 1.807) is 24.1 Å². The van der Waals surface area contributed by atoms with Crippen LogP contribution in [0.5, 0.6) is 0 Å². The summed E-state index contributed by atoms with van der Waals surface area (Å²) in [7, 11) is -0.387. The maximum Gasteiger partial charge on any atom is 0.248 e. The van der Waals surface area contributed by atoms with Crippen molar-refractivity contribution >= 4 is 15.8 Å². The van der Waals surface area contributed by atoms with Crippen LogP contribution in [0, 0.1) is 0 Å². The molecule has 0 unspecified atom stereocenters. The van der Waals surface area contributed by atoms with E-state index < -0.39 is 10.0 Å². The standard InChI is InChI=1S/C9H14N6O2S/c1-14-5-7(3-12-14)6-15(2)18(16,17)8-4-11-13-9(8)10/h3-5H,6H2,1-2H3,(H3,10,11,13). The molecule has 0 aliphatic carbocycles. The largest absolute Gasteiger partial charge is 0.383 e. The second-order valence-corrected chi connectivity index (χ2v) is 5.94.